The normalized spacial score (nSPS) is 19.1. The maximum Gasteiger partial charge on any atom is 0.222 e. The average Bonchev–Trinajstić information content (AvgIpc) is 2.47. The van der Waals surface area contributed by atoms with Gasteiger partial charge in [0.1, 0.15) is 0 Å². The van der Waals surface area contributed by atoms with E-state index < -0.39 is 0 Å². The maximum atomic E-state index is 11.5. The van der Waals surface area contributed by atoms with Crippen molar-refractivity contribution in [2.75, 3.05) is 39.0 Å². The quantitative estimate of drug-likeness (QED) is 0.296. The summed E-state index contributed by atoms with van der Waals surface area (Å²) in [6.45, 7) is 11.8. The van der Waals surface area contributed by atoms with Crippen LogP contribution < -0.4 is 10.6 Å². The van der Waals surface area contributed by atoms with Crippen LogP contribution in [0.3, 0.4) is 0 Å². The molecule has 0 aromatic carbocycles. The number of aliphatic imine (C=N–C) groups is 1. The van der Waals surface area contributed by atoms with Crippen LogP contribution in [0.4, 0.5) is 0 Å². The van der Waals surface area contributed by atoms with E-state index in [-0.39, 0.29) is 35.8 Å². The minimum absolute atomic E-state index is 0. The highest BCUT2D eigenvalue weighted by atomic mass is 127. The number of hydrogen-bond donors (Lipinski definition) is 2. The molecule has 2 N–H and O–H groups in total. The summed E-state index contributed by atoms with van der Waals surface area (Å²) in [6, 6.07) is 0. The largest absolute Gasteiger partial charge is 0.354 e. The summed E-state index contributed by atoms with van der Waals surface area (Å²) in [7, 11) is 1.82. The molecule has 5 nitrogen and oxygen atoms in total. The molecular formula is C15H31IN4OS. The number of rotatable bonds is 5. The van der Waals surface area contributed by atoms with Gasteiger partial charge in [0.2, 0.25) is 5.91 Å². The van der Waals surface area contributed by atoms with Gasteiger partial charge in [-0.2, -0.15) is 11.8 Å². The number of nitrogens with zero attached hydrogens (tertiary/aromatic N) is 2. The van der Waals surface area contributed by atoms with Crippen molar-refractivity contribution in [3.05, 3.63) is 0 Å². The molecule has 1 rings (SSSR count). The Kier molecular flexibility index (Phi) is 11.3. The fourth-order valence-corrected chi connectivity index (χ4v) is 3.47. The van der Waals surface area contributed by atoms with Crippen molar-refractivity contribution < 1.29 is 4.79 Å². The van der Waals surface area contributed by atoms with Gasteiger partial charge in [0.25, 0.3) is 0 Å². The summed E-state index contributed by atoms with van der Waals surface area (Å²) in [5.41, 5.74) is 0. The Morgan fingerprint density at radius 2 is 1.91 bits per heavy atom. The van der Waals surface area contributed by atoms with Gasteiger partial charge in [-0.05, 0) is 5.92 Å². The highest BCUT2D eigenvalue weighted by molar-refractivity contribution is 14.0. The van der Waals surface area contributed by atoms with Crippen molar-refractivity contribution >= 4 is 47.6 Å². The SMILES string of the molecule is CN=C(NCCNC(=O)C(C)C)N1CCSC(C(C)C)C1.I. The molecule has 1 amide bonds. The third-order valence-corrected chi connectivity index (χ3v) is 5.12. The second kappa shape index (κ2) is 11.4. The molecule has 0 aromatic heterocycles. The lowest BCUT2D eigenvalue weighted by Crippen LogP contribution is -2.50. The molecule has 0 spiro atoms. The van der Waals surface area contributed by atoms with Crippen LogP contribution in [0.5, 0.6) is 0 Å². The first-order valence-electron chi connectivity index (χ1n) is 7.80. The summed E-state index contributed by atoms with van der Waals surface area (Å²) in [5.74, 6) is 2.91. The maximum absolute atomic E-state index is 11.5. The van der Waals surface area contributed by atoms with Gasteiger partial charge in [0.05, 0.1) is 0 Å². The van der Waals surface area contributed by atoms with Gasteiger partial charge in [-0.15, -0.1) is 24.0 Å². The summed E-state index contributed by atoms with van der Waals surface area (Å²) >= 11 is 2.06. The standard InChI is InChI=1S/C15H30N4OS.HI/c1-11(2)13-10-19(8-9-21-13)15(16-5)18-7-6-17-14(20)12(3)4;/h11-13H,6-10H2,1-5H3,(H,16,18)(H,17,20);1H. The lowest BCUT2D eigenvalue weighted by molar-refractivity contribution is -0.123. The van der Waals surface area contributed by atoms with Crippen LogP contribution in [0, 0.1) is 11.8 Å². The topological polar surface area (TPSA) is 56.7 Å². The number of nitrogens with one attached hydrogen (secondary N) is 2. The molecule has 0 aromatic rings. The smallest absolute Gasteiger partial charge is 0.222 e. The van der Waals surface area contributed by atoms with E-state index in [2.05, 4.69) is 46.1 Å². The van der Waals surface area contributed by atoms with Gasteiger partial charge >= 0.3 is 0 Å². The average molecular weight is 442 g/mol. The summed E-state index contributed by atoms with van der Waals surface area (Å²) < 4.78 is 0. The third kappa shape index (κ3) is 7.39. The lowest BCUT2D eigenvalue weighted by Gasteiger charge is -2.36. The molecule has 0 bridgehead atoms. The van der Waals surface area contributed by atoms with E-state index in [9.17, 15) is 4.79 Å². The predicted octanol–water partition coefficient (Wildman–Crippen LogP) is 2.03. The monoisotopic (exact) mass is 442 g/mol. The molecule has 0 aliphatic carbocycles. The number of thioether (sulfide) groups is 1. The zero-order valence-corrected chi connectivity index (χ0v) is 17.5. The molecule has 0 saturated carbocycles. The molecule has 130 valence electrons. The zero-order chi connectivity index (χ0) is 15.8. The number of guanidine groups is 1. The molecule has 1 fully saturated rings. The number of halogens is 1. The van der Waals surface area contributed by atoms with E-state index in [4.69, 9.17) is 0 Å². The van der Waals surface area contributed by atoms with E-state index in [0.717, 1.165) is 24.8 Å². The first-order valence-corrected chi connectivity index (χ1v) is 8.85. The molecule has 7 heteroatoms. The van der Waals surface area contributed by atoms with Crippen LogP contribution in [0.2, 0.25) is 0 Å². The van der Waals surface area contributed by atoms with Gasteiger partial charge < -0.3 is 15.5 Å². The second-order valence-corrected chi connectivity index (χ2v) is 7.37. The van der Waals surface area contributed by atoms with Crippen molar-refractivity contribution in [3.63, 3.8) is 0 Å². The fourth-order valence-electron chi connectivity index (χ4n) is 2.17. The van der Waals surface area contributed by atoms with Crippen LogP contribution in [0.25, 0.3) is 0 Å². The predicted molar refractivity (Wildman–Crippen MR) is 107 cm³/mol. The number of carbonyl (C=O) groups is 1. The van der Waals surface area contributed by atoms with Gasteiger partial charge in [0.15, 0.2) is 5.96 Å². The highest BCUT2D eigenvalue weighted by Crippen LogP contribution is 2.24. The molecule has 1 aliphatic heterocycles. The Bertz CT molecular complexity index is 363. The molecule has 0 radical (unpaired) electrons. The highest BCUT2D eigenvalue weighted by Gasteiger charge is 2.24. The Morgan fingerprint density at radius 3 is 2.45 bits per heavy atom. The molecule has 1 atom stereocenters. The van der Waals surface area contributed by atoms with Crippen molar-refractivity contribution in [2.24, 2.45) is 16.8 Å². The van der Waals surface area contributed by atoms with Gasteiger partial charge in [-0.1, -0.05) is 27.7 Å². The first-order chi connectivity index (χ1) is 9.95. The molecule has 1 aliphatic rings. The Labute approximate surface area is 156 Å². The third-order valence-electron chi connectivity index (χ3n) is 3.58. The summed E-state index contributed by atoms with van der Waals surface area (Å²) in [4.78, 5) is 18.2. The number of amides is 1. The van der Waals surface area contributed by atoms with Crippen LogP contribution in [-0.2, 0) is 4.79 Å². The Hall–Kier alpha value is -0.180. The van der Waals surface area contributed by atoms with Crippen molar-refractivity contribution in [3.8, 4) is 0 Å². The van der Waals surface area contributed by atoms with Gasteiger partial charge in [0, 0.05) is 50.1 Å². The first kappa shape index (κ1) is 21.8. The molecule has 1 heterocycles. The lowest BCUT2D eigenvalue weighted by atomic mass is 10.1. The van der Waals surface area contributed by atoms with Crippen molar-refractivity contribution in [2.45, 2.75) is 32.9 Å². The summed E-state index contributed by atoms with van der Waals surface area (Å²) in [6.07, 6.45) is 0. The molecule has 1 saturated heterocycles. The molecular weight excluding hydrogens is 411 g/mol. The van der Waals surface area contributed by atoms with E-state index in [1.165, 1.54) is 0 Å². The minimum Gasteiger partial charge on any atom is -0.354 e. The van der Waals surface area contributed by atoms with Crippen molar-refractivity contribution in [1.82, 2.24) is 15.5 Å². The Balaban J connectivity index is 0.00000441. The summed E-state index contributed by atoms with van der Waals surface area (Å²) in [5, 5.41) is 6.92. The van der Waals surface area contributed by atoms with Crippen LogP contribution in [0.15, 0.2) is 4.99 Å². The fraction of sp³-hybridized carbons (Fsp3) is 0.867. The Morgan fingerprint density at radius 1 is 1.27 bits per heavy atom. The van der Waals surface area contributed by atoms with Crippen molar-refractivity contribution in [1.29, 1.82) is 0 Å². The number of hydrogen-bond acceptors (Lipinski definition) is 3. The van der Waals surface area contributed by atoms with Gasteiger partial charge in [-0.3, -0.25) is 9.79 Å². The second-order valence-electron chi connectivity index (χ2n) is 6.02. The van der Waals surface area contributed by atoms with E-state index >= 15 is 0 Å². The van der Waals surface area contributed by atoms with Crippen LogP contribution in [-0.4, -0.2) is 61.0 Å². The minimum atomic E-state index is 0. The van der Waals surface area contributed by atoms with E-state index in [1.807, 2.05) is 20.9 Å². The molecule has 1 unspecified atom stereocenters. The number of carbonyl (C=O) groups excluding carboxylic acids is 1. The van der Waals surface area contributed by atoms with Crippen LogP contribution in [0.1, 0.15) is 27.7 Å². The molecule has 22 heavy (non-hydrogen) atoms. The zero-order valence-electron chi connectivity index (χ0n) is 14.4. The van der Waals surface area contributed by atoms with Gasteiger partial charge in [-0.25, -0.2) is 0 Å². The van der Waals surface area contributed by atoms with E-state index in [0.29, 0.717) is 24.3 Å². The van der Waals surface area contributed by atoms with E-state index in [1.54, 1.807) is 0 Å². The van der Waals surface area contributed by atoms with Crippen LogP contribution >= 0.6 is 35.7 Å².